The molecule has 7 rings (SSSR count). The standard InChI is InChI=1S/C28H22ClN3O8S2/c29-16-4-2-1-3-11(16)10-40-17-6-5-12(32(38)39)7-13(17)19-20-14-8-15(23(20)41-25-24(19)42-28(37)30-25)22-21(14)26(35)31(27(22)36)9-18(33)34/h1-7,14-15,19-23H,8-10H2,(H,30,37)(H,33,34)/t14-,15+,19+,20+,21+,22+,23+/m0/s1. The highest BCUT2D eigenvalue weighted by atomic mass is 35.5. The molecule has 2 aliphatic heterocycles. The summed E-state index contributed by atoms with van der Waals surface area (Å²) in [6.45, 7) is -0.578. The van der Waals surface area contributed by atoms with Crippen LogP contribution >= 0.6 is 34.7 Å². The lowest BCUT2D eigenvalue weighted by Gasteiger charge is -2.43. The van der Waals surface area contributed by atoms with Crippen molar-refractivity contribution in [2.45, 2.75) is 29.2 Å². The number of carboxylic acids is 1. The predicted octanol–water partition coefficient (Wildman–Crippen LogP) is 4.13. The van der Waals surface area contributed by atoms with Gasteiger partial charge in [-0.25, -0.2) is 0 Å². The molecule has 0 spiro atoms. The number of thioether (sulfide) groups is 1. The van der Waals surface area contributed by atoms with Crippen molar-refractivity contribution in [2.75, 3.05) is 6.54 Å². The number of carbonyl (C=O) groups is 3. The third-order valence-corrected chi connectivity index (χ3v) is 11.9. The number of fused-ring (bicyclic) bond motifs is 9. The quantitative estimate of drug-likeness (QED) is 0.223. The molecular weight excluding hydrogens is 606 g/mol. The number of carboxylic acid groups (broad SMARTS) is 1. The molecule has 11 nitrogen and oxygen atoms in total. The van der Waals surface area contributed by atoms with Crippen LogP contribution in [0.2, 0.25) is 5.02 Å². The van der Waals surface area contributed by atoms with Gasteiger partial charge in [-0.1, -0.05) is 41.1 Å². The number of hydrogen-bond donors (Lipinski definition) is 2. The van der Waals surface area contributed by atoms with Gasteiger partial charge in [0.2, 0.25) is 11.8 Å². The van der Waals surface area contributed by atoms with Crippen LogP contribution in [-0.4, -0.2) is 49.5 Å². The summed E-state index contributed by atoms with van der Waals surface area (Å²) in [5.74, 6) is -4.36. The van der Waals surface area contributed by atoms with Crippen LogP contribution in [0.4, 0.5) is 5.69 Å². The van der Waals surface area contributed by atoms with Crippen molar-refractivity contribution in [3.63, 3.8) is 0 Å². The van der Waals surface area contributed by atoms with E-state index in [0.29, 0.717) is 32.7 Å². The minimum absolute atomic E-state index is 0.101. The molecule has 216 valence electrons. The minimum atomic E-state index is -1.26. The molecule has 42 heavy (non-hydrogen) atoms. The van der Waals surface area contributed by atoms with Crippen molar-refractivity contribution >= 4 is 58.2 Å². The fourth-order valence-electron chi connectivity index (χ4n) is 7.51. The van der Waals surface area contributed by atoms with Gasteiger partial charge in [0.15, 0.2) is 0 Å². The predicted molar refractivity (Wildman–Crippen MR) is 152 cm³/mol. The summed E-state index contributed by atoms with van der Waals surface area (Å²) < 4.78 is 6.24. The number of thiazole rings is 1. The smallest absolute Gasteiger partial charge is 0.323 e. The fraction of sp³-hybridized carbons (Fsp3) is 0.357. The number of halogens is 1. The van der Waals surface area contributed by atoms with E-state index in [1.54, 1.807) is 18.2 Å². The molecule has 3 heterocycles. The Morgan fingerprint density at radius 3 is 2.60 bits per heavy atom. The van der Waals surface area contributed by atoms with Crippen molar-refractivity contribution in [3.8, 4) is 5.75 Å². The van der Waals surface area contributed by atoms with E-state index in [2.05, 4.69) is 4.98 Å². The number of aromatic nitrogens is 1. The average molecular weight is 628 g/mol. The Bertz CT molecular complexity index is 1740. The number of rotatable bonds is 7. The van der Waals surface area contributed by atoms with Gasteiger partial charge in [-0.15, -0.1) is 11.8 Å². The maximum atomic E-state index is 13.4. The molecular formula is C28H22ClN3O8S2. The normalized spacial score (nSPS) is 28.9. The lowest BCUT2D eigenvalue weighted by atomic mass is 9.68. The van der Waals surface area contributed by atoms with Gasteiger partial charge in [0.1, 0.15) is 18.9 Å². The van der Waals surface area contributed by atoms with Gasteiger partial charge < -0.3 is 14.8 Å². The lowest BCUT2D eigenvalue weighted by molar-refractivity contribution is -0.385. The van der Waals surface area contributed by atoms with E-state index in [-0.39, 0.29) is 40.2 Å². The molecule has 0 radical (unpaired) electrons. The first-order valence-corrected chi connectivity index (χ1v) is 15.3. The van der Waals surface area contributed by atoms with Gasteiger partial charge in [-0.05, 0) is 36.3 Å². The Labute approximate surface area is 251 Å². The van der Waals surface area contributed by atoms with Crippen LogP contribution in [0.15, 0.2) is 52.3 Å². The average Bonchev–Trinajstić information content (AvgIpc) is 3.68. The second-order valence-corrected chi connectivity index (χ2v) is 13.6. The molecule has 0 unspecified atom stereocenters. The molecule has 2 aliphatic carbocycles. The number of nitro benzene ring substituents is 1. The number of nitrogens with one attached hydrogen (secondary N) is 1. The Morgan fingerprint density at radius 1 is 1.14 bits per heavy atom. The number of hydrogen-bond acceptors (Lipinski definition) is 9. The van der Waals surface area contributed by atoms with Gasteiger partial charge in [-0.3, -0.25) is 34.2 Å². The Balaban J connectivity index is 1.33. The van der Waals surface area contributed by atoms with Gasteiger partial charge in [0, 0.05) is 44.3 Å². The summed E-state index contributed by atoms with van der Waals surface area (Å²) in [6.07, 6.45) is 0.594. The molecule has 2 amide bonds. The number of benzene rings is 2. The zero-order chi connectivity index (χ0) is 29.4. The first kappa shape index (κ1) is 27.2. The van der Waals surface area contributed by atoms with E-state index in [4.69, 9.17) is 16.3 Å². The highest BCUT2D eigenvalue weighted by Gasteiger charge is 2.69. The number of likely N-dealkylation sites (tertiary alicyclic amines) is 1. The summed E-state index contributed by atoms with van der Waals surface area (Å²) in [6, 6.07) is 11.6. The van der Waals surface area contributed by atoms with E-state index < -0.39 is 47.0 Å². The van der Waals surface area contributed by atoms with Gasteiger partial charge in [0.25, 0.3) is 5.69 Å². The molecule has 3 aromatic rings. The SMILES string of the molecule is O=C(O)CN1C(=O)[C@@H]2[C@H]3C[C@@H]([C@H]4Sc5[nH]c(=O)sc5[C@H](c5cc([N+](=O)[O-])ccc5OCc5ccccc5Cl)[C@@H]34)[C@H]2C1=O. The number of H-pyrrole nitrogens is 1. The number of nitro groups is 1. The summed E-state index contributed by atoms with van der Waals surface area (Å²) in [4.78, 5) is 66.4. The monoisotopic (exact) mass is 627 g/mol. The van der Waals surface area contributed by atoms with Crippen molar-refractivity contribution < 1.29 is 29.2 Å². The molecule has 3 fully saturated rings. The van der Waals surface area contributed by atoms with Crippen LogP contribution < -0.4 is 9.61 Å². The van der Waals surface area contributed by atoms with E-state index in [1.165, 1.54) is 23.9 Å². The van der Waals surface area contributed by atoms with E-state index >= 15 is 0 Å². The molecule has 14 heteroatoms. The number of carbonyl (C=O) groups excluding carboxylic acids is 2. The summed E-state index contributed by atoms with van der Waals surface area (Å²) in [5.41, 5.74) is 1.10. The number of nitrogens with zero attached hydrogens (tertiary/aromatic N) is 2. The molecule has 1 saturated heterocycles. The number of imide groups is 1. The topological polar surface area (TPSA) is 160 Å². The van der Waals surface area contributed by atoms with Crippen LogP contribution in [0.5, 0.6) is 5.75 Å². The maximum Gasteiger partial charge on any atom is 0.323 e. The summed E-state index contributed by atoms with van der Waals surface area (Å²) in [5, 5.41) is 22.2. The van der Waals surface area contributed by atoms with Gasteiger partial charge in [-0.2, -0.15) is 0 Å². The molecule has 2 aromatic carbocycles. The van der Waals surface area contributed by atoms with Crippen LogP contribution in [0.25, 0.3) is 0 Å². The minimum Gasteiger partial charge on any atom is -0.489 e. The highest BCUT2D eigenvalue weighted by Crippen LogP contribution is 2.69. The van der Waals surface area contributed by atoms with E-state index in [1.807, 2.05) is 12.1 Å². The summed E-state index contributed by atoms with van der Waals surface area (Å²) >= 11 is 8.84. The zero-order valence-corrected chi connectivity index (χ0v) is 24.0. The number of non-ortho nitro benzene ring substituents is 1. The highest BCUT2D eigenvalue weighted by molar-refractivity contribution is 8.00. The van der Waals surface area contributed by atoms with E-state index in [9.17, 15) is 34.4 Å². The van der Waals surface area contributed by atoms with Crippen molar-refractivity contribution in [2.24, 2.45) is 29.6 Å². The summed E-state index contributed by atoms with van der Waals surface area (Å²) in [7, 11) is 0. The molecule has 1 aromatic heterocycles. The van der Waals surface area contributed by atoms with Crippen LogP contribution in [-0.2, 0) is 21.0 Å². The fourth-order valence-corrected chi connectivity index (χ4v) is 10.6. The number of aromatic amines is 1. The second-order valence-electron chi connectivity index (χ2n) is 11.0. The Morgan fingerprint density at radius 2 is 1.88 bits per heavy atom. The van der Waals surface area contributed by atoms with Crippen LogP contribution in [0, 0.1) is 39.7 Å². The molecule has 7 atom stereocenters. The largest absolute Gasteiger partial charge is 0.489 e. The molecule has 2 bridgehead atoms. The first-order valence-electron chi connectivity index (χ1n) is 13.2. The first-order chi connectivity index (χ1) is 20.1. The van der Waals surface area contributed by atoms with E-state index in [0.717, 1.165) is 21.8 Å². The van der Waals surface area contributed by atoms with Crippen LogP contribution in [0.3, 0.4) is 0 Å². The lowest BCUT2D eigenvalue weighted by Crippen LogP contribution is -2.42. The van der Waals surface area contributed by atoms with Crippen molar-refractivity contribution in [1.82, 2.24) is 9.88 Å². The molecule has 2 N–H and O–H groups in total. The maximum absolute atomic E-state index is 13.4. The molecule has 4 aliphatic rings. The van der Waals surface area contributed by atoms with Gasteiger partial charge >= 0.3 is 10.8 Å². The Kier molecular flexibility index (Phi) is 6.44. The number of amides is 2. The number of aliphatic carboxylic acids is 1. The van der Waals surface area contributed by atoms with Crippen molar-refractivity contribution in [1.29, 1.82) is 0 Å². The molecule has 2 saturated carbocycles. The van der Waals surface area contributed by atoms with Crippen molar-refractivity contribution in [3.05, 3.63) is 83.3 Å². The zero-order valence-electron chi connectivity index (χ0n) is 21.6. The third kappa shape index (κ3) is 4.08. The van der Waals surface area contributed by atoms with Crippen LogP contribution in [0.1, 0.15) is 28.3 Å². The van der Waals surface area contributed by atoms with Gasteiger partial charge in [0.05, 0.1) is 21.8 Å². The Hall–Kier alpha value is -3.68. The third-order valence-electron chi connectivity index (χ3n) is 8.99. The number of ether oxygens (including phenoxy) is 1. The second kappa shape index (κ2) is 9.96.